The molecular formula is C21H15ClN2O2S2. The summed E-state index contributed by atoms with van der Waals surface area (Å²) in [6, 6.07) is 16.6. The smallest absolute Gasteiger partial charge is 0.260 e. The van der Waals surface area contributed by atoms with Crippen LogP contribution < -0.4 is 5.56 Å². The number of nitrogens with one attached hydrogen (secondary N) is 1. The van der Waals surface area contributed by atoms with Crippen LogP contribution in [0.5, 0.6) is 0 Å². The average molecular weight is 427 g/mol. The van der Waals surface area contributed by atoms with E-state index in [0.717, 1.165) is 16.0 Å². The predicted molar refractivity (Wildman–Crippen MR) is 117 cm³/mol. The van der Waals surface area contributed by atoms with E-state index >= 15 is 0 Å². The molecule has 0 radical (unpaired) electrons. The lowest BCUT2D eigenvalue weighted by atomic mass is 10.0. The van der Waals surface area contributed by atoms with Crippen LogP contribution in [0.25, 0.3) is 21.3 Å². The van der Waals surface area contributed by atoms with Gasteiger partial charge in [0.15, 0.2) is 10.9 Å². The summed E-state index contributed by atoms with van der Waals surface area (Å²) in [7, 11) is 0. The monoisotopic (exact) mass is 426 g/mol. The number of ketones is 1. The number of carbonyl (C=O) groups excluding carboxylic acids is 1. The Labute approximate surface area is 174 Å². The first-order valence-corrected chi connectivity index (χ1v) is 10.7. The molecule has 0 aliphatic heterocycles. The van der Waals surface area contributed by atoms with E-state index in [4.69, 9.17) is 11.6 Å². The van der Waals surface area contributed by atoms with Gasteiger partial charge >= 0.3 is 0 Å². The summed E-state index contributed by atoms with van der Waals surface area (Å²) >= 11 is 8.57. The van der Waals surface area contributed by atoms with E-state index in [1.54, 1.807) is 24.3 Å². The third-order valence-electron chi connectivity index (χ3n) is 4.28. The lowest BCUT2D eigenvalue weighted by Gasteiger charge is -2.03. The molecule has 0 atom stereocenters. The van der Waals surface area contributed by atoms with Crippen molar-refractivity contribution in [1.82, 2.24) is 9.97 Å². The van der Waals surface area contributed by atoms with Crippen LogP contribution in [0.4, 0.5) is 0 Å². The molecule has 2 aromatic carbocycles. The molecule has 0 aliphatic rings. The molecule has 0 saturated carbocycles. The lowest BCUT2D eigenvalue weighted by molar-refractivity contribution is 0.102. The maximum absolute atomic E-state index is 12.8. The fourth-order valence-electron chi connectivity index (χ4n) is 2.97. The first-order valence-electron chi connectivity index (χ1n) is 8.53. The van der Waals surface area contributed by atoms with Crippen LogP contribution in [0.15, 0.2) is 64.5 Å². The number of H-pyrrole nitrogens is 1. The summed E-state index contributed by atoms with van der Waals surface area (Å²) in [5.41, 5.74) is 2.31. The third kappa shape index (κ3) is 3.76. The number of rotatable bonds is 5. The third-order valence-corrected chi connectivity index (χ3v) is 6.41. The fraction of sp³-hybridized carbons (Fsp3) is 0.0952. The largest absolute Gasteiger partial charge is 0.301 e. The van der Waals surface area contributed by atoms with Crippen molar-refractivity contribution in [2.45, 2.75) is 12.1 Å². The number of thiophene rings is 1. The minimum absolute atomic E-state index is 0.0447. The Morgan fingerprint density at radius 2 is 1.86 bits per heavy atom. The number of nitrogens with zero attached hydrogens (tertiary/aromatic N) is 1. The van der Waals surface area contributed by atoms with Crippen molar-refractivity contribution >= 4 is 50.7 Å². The second-order valence-corrected chi connectivity index (χ2v) is 8.77. The van der Waals surface area contributed by atoms with Gasteiger partial charge in [0.05, 0.1) is 11.1 Å². The van der Waals surface area contributed by atoms with Crippen molar-refractivity contribution in [3.05, 3.63) is 80.4 Å². The number of aromatic nitrogens is 2. The molecule has 4 nitrogen and oxygen atoms in total. The molecule has 0 bridgehead atoms. The van der Waals surface area contributed by atoms with Crippen LogP contribution in [0.2, 0.25) is 5.02 Å². The molecular weight excluding hydrogens is 412 g/mol. The zero-order valence-corrected chi connectivity index (χ0v) is 17.3. The zero-order valence-electron chi connectivity index (χ0n) is 14.9. The normalized spacial score (nSPS) is 11.1. The Bertz CT molecular complexity index is 1220. The lowest BCUT2D eigenvalue weighted by Crippen LogP contribution is -2.10. The molecule has 7 heteroatoms. The molecule has 0 amide bonds. The van der Waals surface area contributed by atoms with E-state index in [-0.39, 0.29) is 17.1 Å². The van der Waals surface area contributed by atoms with Gasteiger partial charge in [-0.2, -0.15) is 0 Å². The van der Waals surface area contributed by atoms with Gasteiger partial charge in [-0.15, -0.1) is 11.3 Å². The summed E-state index contributed by atoms with van der Waals surface area (Å²) in [6.07, 6.45) is 0. The van der Waals surface area contributed by atoms with Gasteiger partial charge in [-0.1, -0.05) is 53.7 Å². The minimum Gasteiger partial charge on any atom is -0.301 e. The highest BCUT2D eigenvalue weighted by Gasteiger charge is 2.17. The van der Waals surface area contributed by atoms with Crippen LogP contribution in [0.1, 0.15) is 15.2 Å². The van der Waals surface area contributed by atoms with Gasteiger partial charge in [0.25, 0.3) is 5.56 Å². The summed E-state index contributed by atoms with van der Waals surface area (Å²) in [5.74, 6) is 0.142. The van der Waals surface area contributed by atoms with Crippen LogP contribution in [-0.2, 0) is 0 Å². The molecule has 4 rings (SSSR count). The molecule has 28 heavy (non-hydrogen) atoms. The van der Waals surface area contributed by atoms with Crippen molar-refractivity contribution in [1.29, 1.82) is 0 Å². The second-order valence-electron chi connectivity index (χ2n) is 6.17. The van der Waals surface area contributed by atoms with Crippen molar-refractivity contribution in [2.24, 2.45) is 0 Å². The van der Waals surface area contributed by atoms with Crippen molar-refractivity contribution in [3.63, 3.8) is 0 Å². The van der Waals surface area contributed by atoms with Crippen LogP contribution in [-0.4, -0.2) is 21.5 Å². The number of aromatic amines is 1. The molecule has 0 unspecified atom stereocenters. The average Bonchev–Trinajstić information content (AvgIpc) is 3.03. The van der Waals surface area contributed by atoms with E-state index in [2.05, 4.69) is 9.97 Å². The van der Waals surface area contributed by atoms with Gasteiger partial charge in [-0.3, -0.25) is 9.59 Å². The molecule has 0 spiro atoms. The van der Waals surface area contributed by atoms with Gasteiger partial charge in [0.2, 0.25) is 0 Å². The highest BCUT2D eigenvalue weighted by molar-refractivity contribution is 7.99. The number of fused-ring (bicyclic) bond motifs is 1. The first-order chi connectivity index (χ1) is 13.5. The van der Waals surface area contributed by atoms with Gasteiger partial charge in [0.1, 0.15) is 4.83 Å². The molecule has 2 aromatic heterocycles. The molecule has 4 aromatic rings. The fourth-order valence-corrected chi connectivity index (χ4v) is 4.96. The van der Waals surface area contributed by atoms with Crippen LogP contribution >= 0.6 is 34.7 Å². The second kappa shape index (κ2) is 7.91. The summed E-state index contributed by atoms with van der Waals surface area (Å²) in [5, 5.41) is 1.63. The Morgan fingerprint density at radius 3 is 2.57 bits per heavy atom. The molecule has 1 N–H and O–H groups in total. The molecule has 0 aliphatic carbocycles. The van der Waals surface area contributed by atoms with E-state index in [1.807, 2.05) is 37.3 Å². The van der Waals surface area contributed by atoms with Gasteiger partial charge in [-0.25, -0.2) is 4.98 Å². The Balaban J connectivity index is 1.63. The number of aryl methyl sites for hydroxylation is 1. The van der Waals surface area contributed by atoms with Crippen molar-refractivity contribution in [2.75, 3.05) is 5.75 Å². The van der Waals surface area contributed by atoms with Gasteiger partial charge in [-0.05, 0) is 36.8 Å². The first kappa shape index (κ1) is 18.9. The number of thioether (sulfide) groups is 1. The highest BCUT2D eigenvalue weighted by atomic mass is 35.5. The van der Waals surface area contributed by atoms with Gasteiger partial charge in [0, 0.05) is 21.0 Å². The van der Waals surface area contributed by atoms with E-state index in [0.29, 0.717) is 26.0 Å². The van der Waals surface area contributed by atoms with E-state index in [1.165, 1.54) is 23.1 Å². The highest BCUT2D eigenvalue weighted by Crippen LogP contribution is 2.35. The SMILES string of the molecule is Cc1sc2nc(SCC(=O)c3ccc(Cl)cc3)[nH]c(=O)c2c1-c1ccccc1. The van der Waals surface area contributed by atoms with Crippen LogP contribution in [0.3, 0.4) is 0 Å². The summed E-state index contributed by atoms with van der Waals surface area (Å²) in [4.78, 5) is 34.2. The zero-order chi connectivity index (χ0) is 19.7. The number of benzene rings is 2. The van der Waals surface area contributed by atoms with Crippen LogP contribution in [0, 0.1) is 6.92 Å². The summed E-state index contributed by atoms with van der Waals surface area (Å²) in [6.45, 7) is 1.99. The summed E-state index contributed by atoms with van der Waals surface area (Å²) < 4.78 is 0. The van der Waals surface area contributed by atoms with Crippen molar-refractivity contribution < 1.29 is 4.79 Å². The quantitative estimate of drug-likeness (QED) is 0.257. The standard InChI is InChI=1S/C21H15ClN2O2S2/c1-12-17(14-5-3-2-4-6-14)18-19(26)23-21(24-20(18)28-12)27-11-16(25)13-7-9-15(22)10-8-13/h2-10H,11H2,1H3,(H,23,24,26). The maximum Gasteiger partial charge on any atom is 0.260 e. The maximum atomic E-state index is 12.8. The van der Waals surface area contributed by atoms with E-state index < -0.39 is 0 Å². The number of hydrogen-bond donors (Lipinski definition) is 1. The molecule has 140 valence electrons. The predicted octanol–water partition coefficient (Wildman–Crippen LogP) is 5.59. The number of Topliss-reactive ketones (excluding diaryl/α,β-unsaturated/α-hetero) is 1. The molecule has 0 fully saturated rings. The number of halogens is 1. The Kier molecular flexibility index (Phi) is 5.35. The Hall–Kier alpha value is -2.41. The van der Waals surface area contributed by atoms with Gasteiger partial charge < -0.3 is 4.98 Å². The topological polar surface area (TPSA) is 62.8 Å². The Morgan fingerprint density at radius 1 is 1.14 bits per heavy atom. The number of carbonyl (C=O) groups is 1. The van der Waals surface area contributed by atoms with Crippen molar-refractivity contribution in [3.8, 4) is 11.1 Å². The molecule has 0 saturated heterocycles. The molecule has 2 heterocycles. The van der Waals surface area contributed by atoms with E-state index in [9.17, 15) is 9.59 Å². The number of hydrogen-bond acceptors (Lipinski definition) is 5. The minimum atomic E-state index is -0.186.